The maximum Gasteiger partial charge on any atom is 0.120 e. The first-order valence-corrected chi connectivity index (χ1v) is 7.27. The lowest BCUT2D eigenvalue weighted by molar-refractivity contribution is 0.180. The fourth-order valence-corrected chi connectivity index (χ4v) is 2.86. The highest BCUT2D eigenvalue weighted by Gasteiger charge is 2.20. The number of aliphatic hydroxyl groups excluding tert-OH is 1. The summed E-state index contributed by atoms with van der Waals surface area (Å²) in [6.45, 7) is 0.376. The third-order valence-electron chi connectivity index (χ3n) is 3.59. The predicted molar refractivity (Wildman–Crippen MR) is 80.5 cm³/mol. The van der Waals surface area contributed by atoms with Crippen LogP contribution in [-0.4, -0.2) is 5.11 Å². The van der Waals surface area contributed by atoms with Gasteiger partial charge >= 0.3 is 0 Å². The van der Waals surface area contributed by atoms with Crippen LogP contribution in [0.15, 0.2) is 36.4 Å². The van der Waals surface area contributed by atoms with Crippen molar-refractivity contribution in [3.63, 3.8) is 0 Å². The number of halogens is 2. The number of hydrogen-bond donors (Lipinski definition) is 1. The summed E-state index contributed by atoms with van der Waals surface area (Å²) in [4.78, 5) is 0. The summed E-state index contributed by atoms with van der Waals surface area (Å²) in [7, 11) is 0. The summed E-state index contributed by atoms with van der Waals surface area (Å²) in [5, 5.41) is 10.8. The largest absolute Gasteiger partial charge is 0.489 e. The van der Waals surface area contributed by atoms with E-state index in [9.17, 15) is 5.11 Å². The summed E-state index contributed by atoms with van der Waals surface area (Å²) in [5.41, 5.74) is 3.03. The minimum atomic E-state index is -0.332. The van der Waals surface area contributed by atoms with Crippen molar-refractivity contribution in [2.24, 2.45) is 0 Å². The van der Waals surface area contributed by atoms with E-state index >= 15 is 0 Å². The average molecular weight is 309 g/mol. The lowest BCUT2D eigenvalue weighted by Gasteiger charge is -2.10. The zero-order chi connectivity index (χ0) is 14.1. The van der Waals surface area contributed by atoms with Crippen molar-refractivity contribution < 1.29 is 9.84 Å². The molecule has 2 aromatic rings. The molecule has 2 nitrogen and oxygen atoms in total. The Kier molecular flexibility index (Phi) is 3.88. The molecule has 0 radical (unpaired) electrons. The Hall–Kier alpha value is -1.22. The third-order valence-corrected chi connectivity index (χ3v) is 4.44. The second-order valence-electron chi connectivity index (χ2n) is 4.92. The standard InChI is InChI=1S/C16H14Cl2O2/c17-14-3-1-2-11(16(14)18)9-20-12-5-6-13-10(8-12)4-7-15(13)19/h1-3,5-6,8,15,19H,4,7,9H2/t15-/m0/s1. The smallest absolute Gasteiger partial charge is 0.120 e. The molecule has 0 saturated carbocycles. The second-order valence-corrected chi connectivity index (χ2v) is 5.70. The number of benzene rings is 2. The lowest BCUT2D eigenvalue weighted by Crippen LogP contribution is -1.97. The number of ether oxygens (including phenoxy) is 1. The van der Waals surface area contributed by atoms with Gasteiger partial charge in [-0.1, -0.05) is 41.4 Å². The Morgan fingerprint density at radius 3 is 2.90 bits per heavy atom. The first-order chi connectivity index (χ1) is 9.65. The fourth-order valence-electron chi connectivity index (χ4n) is 2.48. The molecule has 1 N–H and O–H groups in total. The van der Waals surface area contributed by atoms with Gasteiger partial charge in [0, 0.05) is 5.56 Å². The molecular formula is C16H14Cl2O2. The maximum absolute atomic E-state index is 9.77. The van der Waals surface area contributed by atoms with Crippen LogP contribution in [0.3, 0.4) is 0 Å². The van der Waals surface area contributed by atoms with Crippen LogP contribution in [0.25, 0.3) is 0 Å². The predicted octanol–water partition coefficient (Wildman–Crippen LogP) is 4.55. The molecule has 0 spiro atoms. The Morgan fingerprint density at radius 2 is 2.05 bits per heavy atom. The van der Waals surface area contributed by atoms with Crippen LogP contribution in [0, 0.1) is 0 Å². The zero-order valence-electron chi connectivity index (χ0n) is 10.8. The molecule has 104 valence electrons. The van der Waals surface area contributed by atoms with E-state index in [1.165, 1.54) is 0 Å². The van der Waals surface area contributed by atoms with Crippen molar-refractivity contribution in [3.8, 4) is 5.75 Å². The SMILES string of the molecule is O[C@H]1CCc2cc(OCc3cccc(Cl)c3Cl)ccc21. The van der Waals surface area contributed by atoms with Crippen LogP contribution in [0.2, 0.25) is 10.0 Å². The minimum absolute atomic E-state index is 0.332. The Balaban J connectivity index is 1.74. The van der Waals surface area contributed by atoms with E-state index in [0.717, 1.165) is 35.3 Å². The van der Waals surface area contributed by atoms with E-state index in [0.29, 0.717) is 16.7 Å². The van der Waals surface area contributed by atoms with E-state index in [-0.39, 0.29) is 6.10 Å². The first kappa shape index (κ1) is 13.7. The summed E-state index contributed by atoms with van der Waals surface area (Å²) in [6.07, 6.45) is 1.35. The van der Waals surface area contributed by atoms with Gasteiger partial charge in [0.25, 0.3) is 0 Å². The molecular weight excluding hydrogens is 295 g/mol. The summed E-state index contributed by atoms with van der Waals surface area (Å²) < 4.78 is 5.76. The highest BCUT2D eigenvalue weighted by molar-refractivity contribution is 6.42. The van der Waals surface area contributed by atoms with E-state index < -0.39 is 0 Å². The minimum Gasteiger partial charge on any atom is -0.489 e. The van der Waals surface area contributed by atoms with Crippen molar-refractivity contribution in [2.75, 3.05) is 0 Å². The molecule has 0 aromatic heterocycles. The molecule has 0 bridgehead atoms. The van der Waals surface area contributed by atoms with Crippen molar-refractivity contribution in [3.05, 3.63) is 63.1 Å². The third kappa shape index (κ3) is 2.64. The summed E-state index contributed by atoms with van der Waals surface area (Å²) >= 11 is 12.1. The number of aliphatic hydroxyl groups is 1. The van der Waals surface area contributed by atoms with E-state index in [1.807, 2.05) is 30.3 Å². The first-order valence-electron chi connectivity index (χ1n) is 6.52. The van der Waals surface area contributed by atoms with Gasteiger partial charge < -0.3 is 9.84 Å². The number of fused-ring (bicyclic) bond motifs is 1. The summed E-state index contributed by atoms with van der Waals surface area (Å²) in [5.74, 6) is 0.786. The molecule has 1 aliphatic rings. The highest BCUT2D eigenvalue weighted by atomic mass is 35.5. The van der Waals surface area contributed by atoms with Crippen LogP contribution in [0.4, 0.5) is 0 Å². The van der Waals surface area contributed by atoms with Gasteiger partial charge in [-0.05, 0) is 42.2 Å². The van der Waals surface area contributed by atoms with Crippen LogP contribution in [-0.2, 0) is 13.0 Å². The molecule has 3 rings (SSSR count). The zero-order valence-corrected chi connectivity index (χ0v) is 12.3. The van der Waals surface area contributed by atoms with Crippen LogP contribution in [0.1, 0.15) is 29.2 Å². The van der Waals surface area contributed by atoms with Gasteiger partial charge in [0.05, 0.1) is 16.1 Å². The Bertz CT molecular complexity index is 640. The molecule has 0 fully saturated rings. The van der Waals surface area contributed by atoms with Gasteiger partial charge in [0.2, 0.25) is 0 Å². The van der Waals surface area contributed by atoms with Gasteiger partial charge in [-0.3, -0.25) is 0 Å². The number of hydrogen-bond acceptors (Lipinski definition) is 2. The molecule has 0 aliphatic heterocycles. The molecule has 2 aromatic carbocycles. The summed E-state index contributed by atoms with van der Waals surface area (Å²) in [6, 6.07) is 11.3. The monoisotopic (exact) mass is 308 g/mol. The highest BCUT2D eigenvalue weighted by Crippen LogP contribution is 2.34. The van der Waals surface area contributed by atoms with Gasteiger partial charge in [-0.15, -0.1) is 0 Å². The second kappa shape index (κ2) is 5.65. The molecule has 4 heteroatoms. The quantitative estimate of drug-likeness (QED) is 0.901. The lowest BCUT2D eigenvalue weighted by atomic mass is 10.1. The van der Waals surface area contributed by atoms with Gasteiger partial charge in [-0.2, -0.15) is 0 Å². The maximum atomic E-state index is 9.77. The van der Waals surface area contributed by atoms with E-state index in [2.05, 4.69) is 0 Å². The van der Waals surface area contributed by atoms with Gasteiger partial charge in [0.15, 0.2) is 0 Å². The van der Waals surface area contributed by atoms with Crippen molar-refractivity contribution in [1.29, 1.82) is 0 Å². The number of rotatable bonds is 3. The molecule has 1 atom stereocenters. The molecule has 0 amide bonds. The van der Waals surface area contributed by atoms with Gasteiger partial charge in [0.1, 0.15) is 12.4 Å². The molecule has 0 heterocycles. The fraction of sp³-hybridized carbons (Fsp3) is 0.250. The van der Waals surface area contributed by atoms with Crippen LogP contribution < -0.4 is 4.74 Å². The average Bonchev–Trinajstić information content (AvgIpc) is 2.82. The molecule has 0 unspecified atom stereocenters. The normalized spacial score (nSPS) is 17.1. The Morgan fingerprint density at radius 1 is 1.20 bits per heavy atom. The van der Waals surface area contributed by atoms with E-state index in [1.54, 1.807) is 6.07 Å². The van der Waals surface area contributed by atoms with Crippen molar-refractivity contribution >= 4 is 23.2 Å². The van der Waals surface area contributed by atoms with Crippen molar-refractivity contribution in [1.82, 2.24) is 0 Å². The molecule has 1 aliphatic carbocycles. The molecule has 20 heavy (non-hydrogen) atoms. The van der Waals surface area contributed by atoms with Crippen LogP contribution >= 0.6 is 23.2 Å². The Labute approximate surface area is 127 Å². The van der Waals surface area contributed by atoms with Crippen molar-refractivity contribution in [2.45, 2.75) is 25.6 Å². The van der Waals surface area contributed by atoms with E-state index in [4.69, 9.17) is 27.9 Å². The van der Waals surface area contributed by atoms with Crippen LogP contribution in [0.5, 0.6) is 5.75 Å². The topological polar surface area (TPSA) is 29.5 Å². The van der Waals surface area contributed by atoms with Gasteiger partial charge in [-0.25, -0.2) is 0 Å². The number of aryl methyl sites for hydroxylation is 1. The molecule has 0 saturated heterocycles.